The van der Waals surface area contributed by atoms with Crippen LogP contribution < -0.4 is 5.32 Å². The van der Waals surface area contributed by atoms with Crippen molar-refractivity contribution in [1.82, 2.24) is 5.32 Å². The molecular formula is C15H18N2OS. The molecule has 1 aliphatic rings. The first-order valence-electron chi connectivity index (χ1n) is 6.48. The van der Waals surface area contributed by atoms with Crippen molar-refractivity contribution >= 4 is 17.7 Å². The molecule has 19 heavy (non-hydrogen) atoms. The third-order valence-corrected chi connectivity index (χ3v) is 5.23. The van der Waals surface area contributed by atoms with E-state index < -0.39 is 5.92 Å². The molecule has 1 saturated carbocycles. The summed E-state index contributed by atoms with van der Waals surface area (Å²) in [5.74, 6) is -0.894. The lowest BCUT2D eigenvalue weighted by Crippen LogP contribution is -2.46. The molecule has 100 valence electrons. The maximum absolute atomic E-state index is 12.1. The Balaban J connectivity index is 1.97. The second-order valence-corrected chi connectivity index (χ2v) is 6.21. The molecular weight excluding hydrogens is 256 g/mol. The van der Waals surface area contributed by atoms with E-state index >= 15 is 0 Å². The zero-order valence-corrected chi connectivity index (χ0v) is 11.9. The van der Waals surface area contributed by atoms with Crippen LogP contribution in [-0.4, -0.2) is 23.5 Å². The third-order valence-electron chi connectivity index (χ3n) is 3.81. The van der Waals surface area contributed by atoms with Gasteiger partial charge in [0, 0.05) is 11.3 Å². The Labute approximate surface area is 118 Å². The minimum Gasteiger partial charge on any atom is -0.353 e. The summed E-state index contributed by atoms with van der Waals surface area (Å²) in [5, 5.41) is 12.1. The lowest BCUT2D eigenvalue weighted by atomic mass is 9.84. The van der Waals surface area contributed by atoms with Gasteiger partial charge in [0.05, 0.1) is 6.07 Å². The molecule has 0 aliphatic heterocycles. The Bertz CT molecular complexity index is 471. The first-order chi connectivity index (χ1) is 9.21. The SMILES string of the molecule is CSC1(CNC(=O)C(C#N)c2ccccc2)CCC1. The molecule has 1 atom stereocenters. The number of benzene rings is 1. The second-order valence-electron chi connectivity index (χ2n) is 4.93. The molecule has 0 saturated heterocycles. The molecule has 1 aliphatic carbocycles. The molecule has 1 N–H and O–H groups in total. The Morgan fingerprint density at radius 3 is 2.63 bits per heavy atom. The second kappa shape index (κ2) is 6.12. The van der Waals surface area contributed by atoms with Crippen molar-refractivity contribution in [3.05, 3.63) is 35.9 Å². The molecule has 1 aromatic carbocycles. The zero-order valence-electron chi connectivity index (χ0n) is 11.1. The number of hydrogen-bond donors (Lipinski definition) is 1. The molecule has 4 heteroatoms. The summed E-state index contributed by atoms with van der Waals surface area (Å²) in [6, 6.07) is 11.3. The summed E-state index contributed by atoms with van der Waals surface area (Å²) < 4.78 is 0.201. The topological polar surface area (TPSA) is 52.9 Å². The Kier molecular flexibility index (Phi) is 4.49. The van der Waals surface area contributed by atoms with Gasteiger partial charge < -0.3 is 5.32 Å². The summed E-state index contributed by atoms with van der Waals surface area (Å²) in [6.45, 7) is 0.665. The number of rotatable bonds is 5. The fraction of sp³-hybridized carbons (Fsp3) is 0.467. The van der Waals surface area contributed by atoms with Gasteiger partial charge in [-0.25, -0.2) is 0 Å². The van der Waals surface area contributed by atoms with Crippen LogP contribution in [0.25, 0.3) is 0 Å². The predicted octanol–water partition coefficient (Wildman–Crippen LogP) is 2.70. The normalized spacial score (nSPS) is 17.9. The fourth-order valence-electron chi connectivity index (χ4n) is 2.30. The van der Waals surface area contributed by atoms with E-state index in [1.807, 2.05) is 42.1 Å². The van der Waals surface area contributed by atoms with Gasteiger partial charge in [0.2, 0.25) is 5.91 Å². The van der Waals surface area contributed by atoms with E-state index in [1.165, 1.54) is 6.42 Å². The van der Waals surface area contributed by atoms with Crippen molar-refractivity contribution in [1.29, 1.82) is 5.26 Å². The van der Waals surface area contributed by atoms with Crippen LogP contribution in [0.2, 0.25) is 0 Å². The lowest BCUT2D eigenvalue weighted by Gasteiger charge is -2.40. The highest BCUT2D eigenvalue weighted by Crippen LogP contribution is 2.42. The smallest absolute Gasteiger partial charge is 0.241 e. The molecule has 0 aromatic heterocycles. The molecule has 2 rings (SSSR count). The van der Waals surface area contributed by atoms with Crippen LogP contribution in [-0.2, 0) is 4.79 Å². The van der Waals surface area contributed by atoms with Crippen molar-refractivity contribution in [3.63, 3.8) is 0 Å². The molecule has 0 radical (unpaired) electrons. The number of thioether (sulfide) groups is 1. The molecule has 1 unspecified atom stereocenters. The molecule has 0 heterocycles. The molecule has 0 bridgehead atoms. The minimum absolute atomic E-state index is 0.186. The highest BCUT2D eigenvalue weighted by atomic mass is 32.2. The largest absolute Gasteiger partial charge is 0.353 e. The average Bonchev–Trinajstić information content (AvgIpc) is 2.40. The summed E-state index contributed by atoms with van der Waals surface area (Å²) >= 11 is 1.82. The van der Waals surface area contributed by atoms with Gasteiger partial charge >= 0.3 is 0 Å². The van der Waals surface area contributed by atoms with Crippen LogP contribution >= 0.6 is 11.8 Å². The van der Waals surface area contributed by atoms with Crippen molar-refractivity contribution in [2.75, 3.05) is 12.8 Å². The van der Waals surface area contributed by atoms with Gasteiger partial charge in [0.1, 0.15) is 5.92 Å². The maximum Gasteiger partial charge on any atom is 0.241 e. The van der Waals surface area contributed by atoms with Crippen LogP contribution in [0.4, 0.5) is 0 Å². The van der Waals surface area contributed by atoms with Crippen LogP contribution in [0, 0.1) is 11.3 Å². The molecule has 1 aromatic rings. The van der Waals surface area contributed by atoms with Crippen LogP contribution in [0.3, 0.4) is 0 Å². The standard InChI is InChI=1S/C15H18N2OS/c1-19-15(8-5-9-15)11-17-14(18)13(10-16)12-6-3-2-4-7-12/h2-4,6-7,13H,5,8-9,11H2,1H3,(H,17,18). The highest BCUT2D eigenvalue weighted by Gasteiger charge is 2.36. The monoisotopic (exact) mass is 274 g/mol. The highest BCUT2D eigenvalue weighted by molar-refractivity contribution is 8.00. The number of carbonyl (C=O) groups is 1. The van der Waals surface area contributed by atoms with Gasteiger partial charge in [0.25, 0.3) is 0 Å². The first-order valence-corrected chi connectivity index (χ1v) is 7.71. The van der Waals surface area contributed by atoms with E-state index in [9.17, 15) is 10.1 Å². The van der Waals surface area contributed by atoms with Gasteiger partial charge in [-0.3, -0.25) is 4.79 Å². The summed E-state index contributed by atoms with van der Waals surface area (Å²) in [7, 11) is 0. The van der Waals surface area contributed by atoms with Gasteiger partial charge in [-0.05, 0) is 24.7 Å². The van der Waals surface area contributed by atoms with E-state index in [0.717, 1.165) is 18.4 Å². The van der Waals surface area contributed by atoms with Gasteiger partial charge in [-0.15, -0.1) is 0 Å². The van der Waals surface area contributed by atoms with Crippen molar-refractivity contribution in [2.24, 2.45) is 0 Å². The summed E-state index contributed by atoms with van der Waals surface area (Å²) in [6.07, 6.45) is 5.62. The predicted molar refractivity (Wildman–Crippen MR) is 77.9 cm³/mol. The molecule has 0 spiro atoms. The summed E-state index contributed by atoms with van der Waals surface area (Å²) in [5.41, 5.74) is 0.759. The molecule has 1 fully saturated rings. The number of nitriles is 1. The number of nitrogens with one attached hydrogen (secondary N) is 1. The summed E-state index contributed by atoms with van der Waals surface area (Å²) in [4.78, 5) is 12.1. The zero-order chi connectivity index (χ0) is 13.7. The fourth-order valence-corrected chi connectivity index (χ4v) is 3.22. The van der Waals surface area contributed by atoms with Crippen LogP contribution in [0.1, 0.15) is 30.7 Å². The maximum atomic E-state index is 12.1. The van der Waals surface area contributed by atoms with Crippen LogP contribution in [0.15, 0.2) is 30.3 Å². The number of carbonyl (C=O) groups excluding carboxylic acids is 1. The number of hydrogen-bond acceptors (Lipinski definition) is 3. The Morgan fingerprint density at radius 2 is 2.16 bits per heavy atom. The van der Waals surface area contributed by atoms with E-state index in [1.54, 1.807) is 0 Å². The molecule has 1 amide bonds. The van der Waals surface area contributed by atoms with Crippen molar-refractivity contribution in [3.8, 4) is 6.07 Å². The van der Waals surface area contributed by atoms with Gasteiger partial charge in [0.15, 0.2) is 0 Å². The Hall–Kier alpha value is -1.47. The van der Waals surface area contributed by atoms with Crippen molar-refractivity contribution < 1.29 is 4.79 Å². The quantitative estimate of drug-likeness (QED) is 0.898. The number of amides is 1. The van der Waals surface area contributed by atoms with Crippen LogP contribution in [0.5, 0.6) is 0 Å². The first kappa shape index (κ1) is 14.0. The lowest BCUT2D eigenvalue weighted by molar-refractivity contribution is -0.121. The van der Waals surface area contributed by atoms with Gasteiger partial charge in [-0.1, -0.05) is 36.8 Å². The van der Waals surface area contributed by atoms with Gasteiger partial charge in [-0.2, -0.15) is 17.0 Å². The van der Waals surface area contributed by atoms with Crippen molar-refractivity contribution in [2.45, 2.75) is 29.9 Å². The molecule has 3 nitrogen and oxygen atoms in total. The van der Waals surface area contributed by atoms with E-state index in [2.05, 4.69) is 17.6 Å². The van der Waals surface area contributed by atoms with E-state index in [0.29, 0.717) is 6.54 Å². The number of nitrogens with zero attached hydrogens (tertiary/aromatic N) is 1. The Morgan fingerprint density at radius 1 is 1.47 bits per heavy atom. The average molecular weight is 274 g/mol. The minimum atomic E-state index is -0.708. The van der Waals surface area contributed by atoms with E-state index in [4.69, 9.17) is 0 Å². The third kappa shape index (κ3) is 3.10. The van der Waals surface area contributed by atoms with E-state index in [-0.39, 0.29) is 10.7 Å².